The fourth-order valence-electron chi connectivity index (χ4n) is 3.25. The minimum atomic E-state index is -0.493. The molecule has 0 N–H and O–H groups in total. The Morgan fingerprint density at radius 1 is 1.17 bits per heavy atom. The number of Topliss-reactive ketones (excluding diaryl/α,β-unsaturated/α-hetero) is 1. The number of carbonyl (C=O) groups excluding carboxylic acids is 2. The van der Waals surface area contributed by atoms with Crippen molar-refractivity contribution in [2.45, 2.75) is 52.6 Å². The van der Waals surface area contributed by atoms with Crippen molar-refractivity contribution in [1.29, 1.82) is 0 Å². The average molecular weight is 313 g/mol. The summed E-state index contributed by atoms with van der Waals surface area (Å²) in [5, 5.41) is 0. The first-order valence-corrected chi connectivity index (χ1v) is 8.13. The summed E-state index contributed by atoms with van der Waals surface area (Å²) in [6.45, 7) is 8.25. The maximum atomic E-state index is 12.2. The van der Waals surface area contributed by atoms with Crippen molar-refractivity contribution in [2.24, 2.45) is 0 Å². The quantitative estimate of drug-likeness (QED) is 0.743. The molecule has 0 saturated heterocycles. The summed E-state index contributed by atoms with van der Waals surface area (Å²) in [5.74, 6) is -0.0308. The van der Waals surface area contributed by atoms with Crippen LogP contribution < -0.4 is 4.90 Å². The first kappa shape index (κ1) is 15.8. The van der Waals surface area contributed by atoms with Crippen molar-refractivity contribution in [3.8, 4) is 0 Å². The number of hydrogen-bond donors (Lipinski definition) is 0. The van der Waals surface area contributed by atoms with E-state index in [1.807, 2.05) is 45.9 Å². The molecular formula is C19H23NO3. The van der Waals surface area contributed by atoms with Gasteiger partial charge < -0.3 is 9.64 Å². The fraction of sp³-hybridized carbons (Fsp3) is 0.474. The number of fused-ring (bicyclic) bond motifs is 3. The Labute approximate surface area is 137 Å². The number of ether oxygens (including phenoxy) is 1. The van der Waals surface area contributed by atoms with E-state index >= 15 is 0 Å². The first-order chi connectivity index (χ1) is 10.8. The molecule has 0 amide bonds. The highest BCUT2D eigenvalue weighted by Crippen LogP contribution is 2.37. The number of anilines is 1. The molecule has 0 aliphatic carbocycles. The molecule has 0 saturated carbocycles. The van der Waals surface area contributed by atoms with Gasteiger partial charge in [0.15, 0.2) is 5.78 Å². The lowest BCUT2D eigenvalue weighted by Gasteiger charge is -2.37. The predicted octanol–water partition coefficient (Wildman–Crippen LogP) is 3.64. The van der Waals surface area contributed by atoms with Crippen LogP contribution in [0.1, 0.15) is 56.5 Å². The molecule has 0 fully saturated rings. The monoisotopic (exact) mass is 313 g/mol. The third-order valence-electron chi connectivity index (χ3n) is 4.38. The molecular weight excluding hydrogens is 290 g/mol. The van der Waals surface area contributed by atoms with Gasteiger partial charge >= 0.3 is 5.97 Å². The Bertz CT molecular complexity index is 710. The van der Waals surface area contributed by atoms with Gasteiger partial charge in [0.2, 0.25) is 0 Å². The van der Waals surface area contributed by atoms with Gasteiger partial charge in [-0.1, -0.05) is 0 Å². The number of allylic oxidation sites excluding steroid dienone is 2. The van der Waals surface area contributed by atoms with Gasteiger partial charge in [-0.05, 0) is 64.3 Å². The fourth-order valence-corrected chi connectivity index (χ4v) is 3.25. The highest BCUT2D eigenvalue weighted by atomic mass is 16.6. The predicted molar refractivity (Wildman–Crippen MR) is 89.6 cm³/mol. The van der Waals surface area contributed by atoms with E-state index in [0.29, 0.717) is 12.0 Å². The first-order valence-electron chi connectivity index (χ1n) is 8.13. The van der Waals surface area contributed by atoms with Crippen LogP contribution in [0.5, 0.6) is 0 Å². The second-order valence-corrected chi connectivity index (χ2v) is 7.24. The van der Waals surface area contributed by atoms with Crippen LogP contribution in [0.3, 0.4) is 0 Å². The molecule has 0 atom stereocenters. The van der Waals surface area contributed by atoms with Crippen molar-refractivity contribution in [3.63, 3.8) is 0 Å². The van der Waals surface area contributed by atoms with Gasteiger partial charge in [-0.25, -0.2) is 4.79 Å². The summed E-state index contributed by atoms with van der Waals surface area (Å²) in [7, 11) is 0. The van der Waals surface area contributed by atoms with Crippen LogP contribution in [0.2, 0.25) is 0 Å². The minimum Gasteiger partial charge on any atom is -0.456 e. The number of nitrogens with zero attached hydrogens (tertiary/aromatic N) is 1. The van der Waals surface area contributed by atoms with Crippen LogP contribution in [-0.4, -0.2) is 23.9 Å². The number of rotatable bonds is 1. The highest BCUT2D eigenvalue weighted by molar-refractivity contribution is 5.98. The molecule has 0 unspecified atom stereocenters. The van der Waals surface area contributed by atoms with Crippen molar-refractivity contribution in [2.75, 3.05) is 11.4 Å². The van der Waals surface area contributed by atoms with Gasteiger partial charge in [0.05, 0.1) is 5.56 Å². The molecule has 0 spiro atoms. The maximum absolute atomic E-state index is 12.2. The van der Waals surface area contributed by atoms with E-state index in [0.717, 1.165) is 41.9 Å². The normalized spacial score (nSPS) is 17.7. The number of benzene rings is 1. The molecule has 0 aromatic heterocycles. The summed E-state index contributed by atoms with van der Waals surface area (Å²) in [6.07, 6.45) is 2.26. The Morgan fingerprint density at radius 3 is 2.61 bits per heavy atom. The largest absolute Gasteiger partial charge is 0.456 e. The highest BCUT2D eigenvalue weighted by Gasteiger charge is 2.29. The molecule has 2 aliphatic rings. The summed E-state index contributed by atoms with van der Waals surface area (Å²) < 4.78 is 5.45. The number of ketones is 1. The Hall–Kier alpha value is -2.10. The second-order valence-electron chi connectivity index (χ2n) is 7.24. The van der Waals surface area contributed by atoms with Gasteiger partial charge in [0.1, 0.15) is 5.60 Å². The Balaban J connectivity index is 1.92. The van der Waals surface area contributed by atoms with E-state index in [2.05, 4.69) is 4.90 Å². The van der Waals surface area contributed by atoms with E-state index in [9.17, 15) is 9.59 Å². The van der Waals surface area contributed by atoms with Crippen molar-refractivity contribution >= 4 is 17.4 Å². The smallest absolute Gasteiger partial charge is 0.338 e. The standard InChI is InChI=1S/C19H23NO3/c1-12-15-7-5-13-11-14(18(22)23-19(2,3)4)6-8-16(13)20(15)10-9-17(12)21/h6,8,11H,5,7,9-10H2,1-4H3. The topological polar surface area (TPSA) is 46.6 Å². The van der Waals surface area contributed by atoms with Crippen LogP contribution >= 0.6 is 0 Å². The molecule has 0 bridgehead atoms. The van der Waals surface area contributed by atoms with Crippen molar-refractivity contribution in [1.82, 2.24) is 0 Å². The summed E-state index contributed by atoms with van der Waals surface area (Å²) in [6, 6.07) is 5.74. The lowest BCUT2D eigenvalue weighted by molar-refractivity contribution is -0.115. The van der Waals surface area contributed by atoms with Gasteiger partial charge in [0, 0.05) is 29.9 Å². The lowest BCUT2D eigenvalue weighted by atomic mass is 9.91. The van der Waals surface area contributed by atoms with E-state index in [1.165, 1.54) is 0 Å². The second kappa shape index (κ2) is 5.52. The molecule has 23 heavy (non-hydrogen) atoms. The van der Waals surface area contributed by atoms with Gasteiger partial charge in [-0.15, -0.1) is 0 Å². The molecule has 2 heterocycles. The molecule has 2 aliphatic heterocycles. The Morgan fingerprint density at radius 2 is 1.91 bits per heavy atom. The van der Waals surface area contributed by atoms with Crippen LogP contribution in [0, 0.1) is 0 Å². The van der Waals surface area contributed by atoms with Gasteiger partial charge in [-0.3, -0.25) is 4.79 Å². The molecule has 122 valence electrons. The SMILES string of the molecule is CC1=C2CCc3cc(C(=O)OC(C)(C)C)ccc3N2CCC1=O. The number of hydrogen-bond acceptors (Lipinski definition) is 4. The lowest BCUT2D eigenvalue weighted by Crippen LogP contribution is -2.35. The zero-order valence-corrected chi connectivity index (χ0v) is 14.2. The van der Waals surface area contributed by atoms with Crippen LogP contribution in [0.25, 0.3) is 0 Å². The van der Waals surface area contributed by atoms with Crippen LogP contribution in [-0.2, 0) is 16.0 Å². The van der Waals surface area contributed by atoms with E-state index in [1.54, 1.807) is 0 Å². The van der Waals surface area contributed by atoms with Gasteiger partial charge in [0.25, 0.3) is 0 Å². The van der Waals surface area contributed by atoms with Crippen molar-refractivity contribution < 1.29 is 14.3 Å². The zero-order valence-electron chi connectivity index (χ0n) is 14.2. The third-order valence-corrected chi connectivity index (χ3v) is 4.38. The van der Waals surface area contributed by atoms with E-state index in [4.69, 9.17) is 4.74 Å². The minimum absolute atomic E-state index is 0.255. The average Bonchev–Trinajstić information content (AvgIpc) is 2.48. The van der Waals surface area contributed by atoms with Gasteiger partial charge in [-0.2, -0.15) is 0 Å². The zero-order chi connectivity index (χ0) is 16.8. The van der Waals surface area contributed by atoms with Crippen LogP contribution in [0.4, 0.5) is 5.69 Å². The Kier molecular flexibility index (Phi) is 3.78. The number of esters is 1. The molecule has 0 radical (unpaired) electrons. The van der Waals surface area contributed by atoms with Crippen molar-refractivity contribution in [3.05, 3.63) is 40.6 Å². The van der Waals surface area contributed by atoms with E-state index in [-0.39, 0.29) is 11.8 Å². The number of carbonyl (C=O) groups is 2. The summed E-state index contributed by atoms with van der Waals surface area (Å²) in [5.41, 5.74) is 4.39. The number of aryl methyl sites for hydroxylation is 1. The molecule has 3 rings (SSSR count). The molecule has 4 nitrogen and oxygen atoms in total. The van der Waals surface area contributed by atoms with Crippen LogP contribution in [0.15, 0.2) is 29.5 Å². The summed E-state index contributed by atoms with van der Waals surface area (Å²) >= 11 is 0. The maximum Gasteiger partial charge on any atom is 0.338 e. The third kappa shape index (κ3) is 3.03. The molecule has 1 aromatic rings. The molecule has 1 aromatic carbocycles. The summed E-state index contributed by atoms with van der Waals surface area (Å²) in [4.78, 5) is 26.4. The van der Waals surface area contributed by atoms with E-state index < -0.39 is 5.60 Å². The molecule has 4 heteroatoms.